The van der Waals surface area contributed by atoms with Crippen LogP contribution in [0.4, 0.5) is 0 Å². The van der Waals surface area contributed by atoms with Gasteiger partial charge >= 0.3 is 0 Å². The van der Waals surface area contributed by atoms with Gasteiger partial charge in [0.05, 0.1) is 0 Å². The Morgan fingerprint density at radius 1 is 1.33 bits per heavy atom. The van der Waals surface area contributed by atoms with Gasteiger partial charge in [0.15, 0.2) is 0 Å². The first-order valence-electron chi connectivity index (χ1n) is 3.50. The first kappa shape index (κ1) is 9.31. The number of thioether (sulfide) groups is 1. The van der Waals surface area contributed by atoms with Gasteiger partial charge < -0.3 is 5.11 Å². The lowest BCUT2D eigenvalue weighted by Gasteiger charge is -2.01. The number of hydrogen-bond acceptors (Lipinski definition) is 2. The Kier molecular flexibility index (Phi) is 6.65. The molecule has 56 valence electrons. The molecule has 2 heteroatoms. The summed E-state index contributed by atoms with van der Waals surface area (Å²) in [5.74, 6) is 1.19. The highest BCUT2D eigenvalue weighted by molar-refractivity contribution is 7.99. The lowest BCUT2D eigenvalue weighted by atomic mass is 10.4. The summed E-state index contributed by atoms with van der Waals surface area (Å²) < 4.78 is 0. The normalized spacial score (nSPS) is 10.7. The van der Waals surface area contributed by atoms with Crippen molar-refractivity contribution in [2.45, 2.75) is 31.9 Å². The second-order valence-corrected chi connectivity index (χ2v) is 4.03. The highest BCUT2D eigenvalue weighted by Gasteiger charge is 1.92. The molecule has 0 heterocycles. The fraction of sp³-hybridized carbons (Fsp3) is 1.00. The topological polar surface area (TPSA) is 20.2 Å². The van der Waals surface area contributed by atoms with E-state index >= 15 is 0 Å². The number of aliphatic hydroxyl groups excluding tert-OH is 1. The molecule has 0 saturated heterocycles. The molecule has 0 rings (SSSR count). The van der Waals surface area contributed by atoms with Gasteiger partial charge in [0.2, 0.25) is 0 Å². The van der Waals surface area contributed by atoms with Crippen LogP contribution in [0.2, 0.25) is 0 Å². The van der Waals surface area contributed by atoms with Gasteiger partial charge in [-0.25, -0.2) is 0 Å². The molecule has 0 aliphatic carbocycles. The van der Waals surface area contributed by atoms with Gasteiger partial charge in [0, 0.05) is 6.61 Å². The first-order chi connectivity index (χ1) is 4.27. The largest absolute Gasteiger partial charge is 0.396 e. The maximum Gasteiger partial charge on any atom is 0.0431 e. The number of unbranched alkanes of at least 4 members (excludes halogenated alkanes) is 1. The fourth-order valence-corrected chi connectivity index (χ4v) is 1.38. The zero-order valence-electron chi connectivity index (χ0n) is 6.26. The predicted molar refractivity (Wildman–Crippen MR) is 43.9 cm³/mol. The van der Waals surface area contributed by atoms with Crippen LogP contribution in [0.3, 0.4) is 0 Å². The smallest absolute Gasteiger partial charge is 0.0431 e. The molecule has 0 aromatic heterocycles. The van der Waals surface area contributed by atoms with E-state index in [2.05, 4.69) is 13.8 Å². The lowest BCUT2D eigenvalue weighted by Crippen LogP contribution is -1.91. The standard InChI is InChI=1S/C7H16OS/c1-7(2)9-6-4-3-5-8/h7-8H,3-6H2,1-2H3. The second kappa shape index (κ2) is 6.43. The lowest BCUT2D eigenvalue weighted by molar-refractivity contribution is 0.287. The van der Waals surface area contributed by atoms with Crippen molar-refractivity contribution in [2.24, 2.45) is 0 Å². The van der Waals surface area contributed by atoms with E-state index < -0.39 is 0 Å². The molecule has 0 aliphatic rings. The van der Waals surface area contributed by atoms with Gasteiger partial charge in [0.1, 0.15) is 0 Å². The average Bonchev–Trinajstić information content (AvgIpc) is 1.80. The van der Waals surface area contributed by atoms with Crippen molar-refractivity contribution in [3.63, 3.8) is 0 Å². The third-order valence-electron chi connectivity index (χ3n) is 1.00. The molecule has 0 aliphatic heterocycles. The van der Waals surface area contributed by atoms with Crippen molar-refractivity contribution in [3.8, 4) is 0 Å². The van der Waals surface area contributed by atoms with Crippen LogP contribution in [0.25, 0.3) is 0 Å². The molecule has 0 fully saturated rings. The summed E-state index contributed by atoms with van der Waals surface area (Å²) in [6.45, 7) is 4.74. The van der Waals surface area contributed by atoms with Crippen LogP contribution in [0, 0.1) is 0 Å². The van der Waals surface area contributed by atoms with Crippen molar-refractivity contribution >= 4 is 11.8 Å². The van der Waals surface area contributed by atoms with Gasteiger partial charge in [-0.2, -0.15) is 11.8 Å². The third kappa shape index (κ3) is 8.31. The van der Waals surface area contributed by atoms with Crippen molar-refractivity contribution in [1.29, 1.82) is 0 Å². The maximum atomic E-state index is 8.42. The first-order valence-corrected chi connectivity index (χ1v) is 4.54. The second-order valence-electron chi connectivity index (χ2n) is 2.35. The predicted octanol–water partition coefficient (Wildman–Crippen LogP) is 1.90. The number of aliphatic hydroxyl groups is 1. The van der Waals surface area contributed by atoms with Crippen LogP contribution in [0.1, 0.15) is 26.7 Å². The van der Waals surface area contributed by atoms with Crippen LogP contribution in [0.5, 0.6) is 0 Å². The Morgan fingerprint density at radius 2 is 2.00 bits per heavy atom. The molecular formula is C7H16OS. The van der Waals surface area contributed by atoms with Gasteiger partial charge in [-0.15, -0.1) is 0 Å². The van der Waals surface area contributed by atoms with Gasteiger partial charge in [-0.05, 0) is 23.8 Å². The maximum absolute atomic E-state index is 8.42. The molecule has 0 unspecified atom stereocenters. The molecule has 0 amide bonds. The molecular weight excluding hydrogens is 132 g/mol. The summed E-state index contributed by atoms with van der Waals surface area (Å²) in [7, 11) is 0. The van der Waals surface area contributed by atoms with Crippen molar-refractivity contribution in [2.75, 3.05) is 12.4 Å². The van der Waals surface area contributed by atoms with Crippen LogP contribution < -0.4 is 0 Å². The van der Waals surface area contributed by atoms with E-state index in [1.54, 1.807) is 0 Å². The molecule has 1 N–H and O–H groups in total. The van der Waals surface area contributed by atoms with Crippen LogP contribution in [-0.2, 0) is 0 Å². The van der Waals surface area contributed by atoms with E-state index in [0.717, 1.165) is 18.1 Å². The Labute approximate surface area is 61.8 Å². The minimum Gasteiger partial charge on any atom is -0.396 e. The van der Waals surface area contributed by atoms with Crippen LogP contribution >= 0.6 is 11.8 Å². The van der Waals surface area contributed by atoms with Crippen molar-refractivity contribution in [1.82, 2.24) is 0 Å². The summed E-state index contributed by atoms with van der Waals surface area (Å²) in [5, 5.41) is 9.16. The Morgan fingerprint density at radius 3 is 2.44 bits per heavy atom. The van der Waals surface area contributed by atoms with Gasteiger partial charge in [-0.1, -0.05) is 13.8 Å². The SMILES string of the molecule is CC(C)SCCCCO. The Balaban J connectivity index is 2.75. The molecule has 0 saturated carbocycles. The molecule has 0 bridgehead atoms. The number of hydrogen-bond donors (Lipinski definition) is 1. The quantitative estimate of drug-likeness (QED) is 0.601. The minimum absolute atomic E-state index is 0.346. The molecule has 0 atom stereocenters. The summed E-state index contributed by atoms with van der Waals surface area (Å²) in [5.41, 5.74) is 0. The highest BCUT2D eigenvalue weighted by Crippen LogP contribution is 2.10. The fourth-order valence-electron chi connectivity index (χ4n) is 0.533. The summed E-state index contributed by atoms with van der Waals surface area (Å²) in [6.07, 6.45) is 2.11. The van der Waals surface area contributed by atoms with E-state index in [9.17, 15) is 0 Å². The molecule has 0 aromatic rings. The van der Waals surface area contributed by atoms with Gasteiger partial charge in [0.25, 0.3) is 0 Å². The highest BCUT2D eigenvalue weighted by atomic mass is 32.2. The van der Waals surface area contributed by atoms with Crippen molar-refractivity contribution in [3.05, 3.63) is 0 Å². The van der Waals surface area contributed by atoms with E-state index in [1.165, 1.54) is 5.75 Å². The van der Waals surface area contributed by atoms with Gasteiger partial charge in [-0.3, -0.25) is 0 Å². The van der Waals surface area contributed by atoms with E-state index in [0.29, 0.717) is 6.61 Å². The van der Waals surface area contributed by atoms with Crippen LogP contribution in [0.15, 0.2) is 0 Å². The van der Waals surface area contributed by atoms with Crippen molar-refractivity contribution < 1.29 is 5.11 Å². The Bertz CT molecular complexity index is 54.9. The van der Waals surface area contributed by atoms with Crippen LogP contribution in [-0.4, -0.2) is 22.7 Å². The zero-order chi connectivity index (χ0) is 7.11. The monoisotopic (exact) mass is 148 g/mol. The average molecular weight is 148 g/mol. The summed E-state index contributed by atoms with van der Waals surface area (Å²) in [6, 6.07) is 0. The molecule has 0 aromatic carbocycles. The molecule has 0 radical (unpaired) electrons. The van der Waals surface area contributed by atoms with E-state index in [1.807, 2.05) is 11.8 Å². The molecule has 1 nitrogen and oxygen atoms in total. The van der Waals surface area contributed by atoms with E-state index in [4.69, 9.17) is 5.11 Å². The summed E-state index contributed by atoms with van der Waals surface area (Å²) in [4.78, 5) is 0. The molecule has 9 heavy (non-hydrogen) atoms. The summed E-state index contributed by atoms with van der Waals surface area (Å²) >= 11 is 1.96. The minimum atomic E-state index is 0.346. The Hall–Kier alpha value is 0.310. The zero-order valence-corrected chi connectivity index (χ0v) is 7.08. The third-order valence-corrected chi connectivity index (χ3v) is 2.19. The molecule has 0 spiro atoms. The number of rotatable bonds is 5. The van der Waals surface area contributed by atoms with E-state index in [-0.39, 0.29) is 0 Å².